The van der Waals surface area contributed by atoms with Crippen LogP contribution < -0.4 is 10.5 Å². The molecule has 0 fully saturated rings. The lowest BCUT2D eigenvalue weighted by Gasteiger charge is -2.02. The van der Waals surface area contributed by atoms with E-state index in [-0.39, 0.29) is 18.2 Å². The van der Waals surface area contributed by atoms with Crippen LogP contribution in [0.5, 0.6) is 5.75 Å². The van der Waals surface area contributed by atoms with E-state index in [9.17, 15) is 0 Å². The van der Waals surface area contributed by atoms with Crippen molar-refractivity contribution >= 4 is 29.2 Å². The number of amidine groups is 1. The highest BCUT2D eigenvalue weighted by Gasteiger charge is 2.09. The lowest BCUT2D eigenvalue weighted by Crippen LogP contribution is -2.09. The number of nitrogens with two attached hydrogens (primary N) is 1. The lowest BCUT2D eigenvalue weighted by molar-refractivity contribution is 0.344. The number of furan rings is 1. The van der Waals surface area contributed by atoms with E-state index in [4.69, 9.17) is 20.3 Å². The fraction of sp³-hybridized carbons (Fsp3) is 0.182. The van der Waals surface area contributed by atoms with Crippen molar-refractivity contribution in [1.82, 2.24) is 0 Å². The van der Waals surface area contributed by atoms with Gasteiger partial charge in [-0.05, 0) is 25.1 Å². The molecule has 1 aromatic carbocycles. The summed E-state index contributed by atoms with van der Waals surface area (Å²) in [5, 5.41) is 8.13. The second-order valence-electron chi connectivity index (χ2n) is 3.13. The third-order valence-corrected chi connectivity index (χ3v) is 2.09. The number of benzene rings is 1. The van der Waals surface area contributed by atoms with Crippen molar-refractivity contribution in [3.8, 4) is 5.75 Å². The molecule has 0 aliphatic heterocycles. The van der Waals surface area contributed by atoms with Crippen LogP contribution in [0.4, 0.5) is 0 Å². The molecule has 0 saturated heterocycles. The number of nitrogen functional groups attached to an aromatic ring is 1. The molecular weight excluding hydrogens is 228 g/mol. The maximum absolute atomic E-state index is 7.28. The zero-order chi connectivity index (χ0) is 10.8. The van der Waals surface area contributed by atoms with E-state index in [2.05, 4.69) is 0 Å². The molecule has 5 heteroatoms. The standard InChI is InChI=1S/C11H12N2O2.ClH/c1-2-14-8-4-3-5-9-7(8)6-10(15-9)11(12)13;/h3-6H,2H2,1H3,(H3,12,13);1H. The van der Waals surface area contributed by atoms with Crippen LogP contribution in [-0.4, -0.2) is 12.4 Å². The van der Waals surface area contributed by atoms with Crippen molar-refractivity contribution in [2.24, 2.45) is 5.73 Å². The van der Waals surface area contributed by atoms with E-state index < -0.39 is 0 Å². The maximum Gasteiger partial charge on any atom is 0.169 e. The van der Waals surface area contributed by atoms with Crippen molar-refractivity contribution in [3.05, 3.63) is 30.0 Å². The van der Waals surface area contributed by atoms with Gasteiger partial charge in [0, 0.05) is 0 Å². The van der Waals surface area contributed by atoms with Gasteiger partial charge in [-0.15, -0.1) is 12.4 Å². The minimum atomic E-state index is -0.0753. The Morgan fingerprint density at radius 2 is 2.25 bits per heavy atom. The molecule has 0 aliphatic carbocycles. The molecule has 16 heavy (non-hydrogen) atoms. The highest BCUT2D eigenvalue weighted by atomic mass is 35.5. The van der Waals surface area contributed by atoms with E-state index in [1.807, 2.05) is 25.1 Å². The number of hydrogen-bond donors (Lipinski definition) is 2. The predicted molar refractivity (Wildman–Crippen MR) is 65.6 cm³/mol. The Labute approximate surface area is 99.3 Å². The first-order valence-electron chi connectivity index (χ1n) is 4.72. The largest absolute Gasteiger partial charge is 0.493 e. The van der Waals surface area contributed by atoms with E-state index >= 15 is 0 Å². The Hall–Kier alpha value is -1.68. The average molecular weight is 241 g/mol. The van der Waals surface area contributed by atoms with Gasteiger partial charge >= 0.3 is 0 Å². The van der Waals surface area contributed by atoms with Crippen LogP contribution >= 0.6 is 12.4 Å². The highest BCUT2D eigenvalue weighted by Crippen LogP contribution is 2.28. The summed E-state index contributed by atoms with van der Waals surface area (Å²) in [5.41, 5.74) is 6.04. The van der Waals surface area contributed by atoms with Crippen molar-refractivity contribution < 1.29 is 9.15 Å². The van der Waals surface area contributed by atoms with E-state index in [0.29, 0.717) is 18.0 Å². The van der Waals surface area contributed by atoms with E-state index in [0.717, 1.165) is 11.1 Å². The molecular formula is C11H13ClN2O2. The molecule has 86 valence electrons. The second kappa shape index (κ2) is 4.90. The monoisotopic (exact) mass is 240 g/mol. The zero-order valence-electron chi connectivity index (χ0n) is 8.82. The van der Waals surface area contributed by atoms with Gasteiger partial charge in [0.25, 0.3) is 0 Å². The topological polar surface area (TPSA) is 72.2 Å². The summed E-state index contributed by atoms with van der Waals surface area (Å²) in [6, 6.07) is 7.26. The van der Waals surface area contributed by atoms with Gasteiger partial charge in [0.2, 0.25) is 0 Å². The average Bonchev–Trinajstić information content (AvgIpc) is 2.63. The molecule has 0 aliphatic rings. The molecule has 0 bridgehead atoms. The summed E-state index contributed by atoms with van der Waals surface area (Å²) < 4.78 is 10.8. The first-order chi connectivity index (χ1) is 7.22. The molecule has 1 heterocycles. The van der Waals surface area contributed by atoms with E-state index in [1.165, 1.54) is 0 Å². The molecule has 1 aromatic heterocycles. The van der Waals surface area contributed by atoms with Gasteiger partial charge in [-0.1, -0.05) is 6.07 Å². The Kier molecular flexibility index (Phi) is 3.79. The number of nitrogens with one attached hydrogen (secondary N) is 1. The molecule has 0 amide bonds. The van der Waals surface area contributed by atoms with Crippen LogP contribution in [0.2, 0.25) is 0 Å². The summed E-state index contributed by atoms with van der Waals surface area (Å²) in [6.07, 6.45) is 0. The fourth-order valence-electron chi connectivity index (χ4n) is 1.45. The van der Waals surface area contributed by atoms with Crippen molar-refractivity contribution in [3.63, 3.8) is 0 Å². The van der Waals surface area contributed by atoms with Crippen LogP contribution in [0.15, 0.2) is 28.7 Å². The summed E-state index contributed by atoms with van der Waals surface area (Å²) in [4.78, 5) is 0. The van der Waals surface area contributed by atoms with Gasteiger partial charge in [-0.2, -0.15) is 0 Å². The molecule has 2 aromatic rings. The van der Waals surface area contributed by atoms with Crippen LogP contribution in [0, 0.1) is 5.41 Å². The molecule has 0 saturated carbocycles. The molecule has 2 rings (SSSR count). The summed E-state index contributed by atoms with van der Waals surface area (Å²) in [6.45, 7) is 2.52. The van der Waals surface area contributed by atoms with Gasteiger partial charge in [-0.3, -0.25) is 5.41 Å². The number of fused-ring (bicyclic) bond motifs is 1. The molecule has 0 unspecified atom stereocenters. The molecule has 0 radical (unpaired) electrons. The first kappa shape index (κ1) is 12.4. The van der Waals surface area contributed by atoms with Gasteiger partial charge in [-0.25, -0.2) is 0 Å². The third kappa shape index (κ3) is 2.12. The fourth-order valence-corrected chi connectivity index (χ4v) is 1.45. The van der Waals surface area contributed by atoms with Gasteiger partial charge in [0.05, 0.1) is 12.0 Å². The van der Waals surface area contributed by atoms with Crippen LogP contribution in [-0.2, 0) is 0 Å². The van der Waals surface area contributed by atoms with Crippen molar-refractivity contribution in [2.45, 2.75) is 6.92 Å². The second-order valence-corrected chi connectivity index (χ2v) is 3.13. The Morgan fingerprint density at radius 3 is 2.88 bits per heavy atom. The van der Waals surface area contributed by atoms with Crippen molar-refractivity contribution in [1.29, 1.82) is 5.41 Å². The van der Waals surface area contributed by atoms with Crippen molar-refractivity contribution in [2.75, 3.05) is 6.61 Å². The summed E-state index contributed by atoms with van der Waals surface area (Å²) in [5.74, 6) is 1.05. The smallest absolute Gasteiger partial charge is 0.169 e. The van der Waals surface area contributed by atoms with E-state index in [1.54, 1.807) is 6.07 Å². The third-order valence-electron chi connectivity index (χ3n) is 2.09. The molecule has 0 atom stereocenters. The highest BCUT2D eigenvalue weighted by molar-refractivity contribution is 5.98. The normalized spacial score (nSPS) is 9.81. The first-order valence-corrected chi connectivity index (χ1v) is 4.72. The number of ether oxygens (including phenoxy) is 1. The molecule has 0 spiro atoms. The Bertz CT molecular complexity index is 508. The number of halogens is 1. The Balaban J connectivity index is 0.00000128. The number of hydrogen-bond acceptors (Lipinski definition) is 3. The SMILES string of the molecule is CCOc1cccc2oc(C(=N)N)cc12.Cl. The van der Waals surface area contributed by atoms with Gasteiger partial charge in [0.15, 0.2) is 11.6 Å². The van der Waals surface area contributed by atoms with Gasteiger partial charge in [0.1, 0.15) is 11.3 Å². The quantitative estimate of drug-likeness (QED) is 0.640. The van der Waals surface area contributed by atoms with Crippen LogP contribution in [0.25, 0.3) is 11.0 Å². The van der Waals surface area contributed by atoms with Gasteiger partial charge < -0.3 is 14.9 Å². The summed E-state index contributed by atoms with van der Waals surface area (Å²) in [7, 11) is 0. The minimum absolute atomic E-state index is 0. The predicted octanol–water partition coefficient (Wildman–Crippen LogP) is 2.54. The summed E-state index contributed by atoms with van der Waals surface area (Å²) >= 11 is 0. The molecule has 3 N–H and O–H groups in total. The lowest BCUT2D eigenvalue weighted by atomic mass is 10.2. The Morgan fingerprint density at radius 1 is 1.50 bits per heavy atom. The minimum Gasteiger partial charge on any atom is -0.493 e. The maximum atomic E-state index is 7.28. The molecule has 4 nitrogen and oxygen atoms in total. The zero-order valence-corrected chi connectivity index (χ0v) is 9.64. The number of rotatable bonds is 3. The van der Waals surface area contributed by atoms with Crippen LogP contribution in [0.3, 0.4) is 0 Å². The van der Waals surface area contributed by atoms with Crippen LogP contribution in [0.1, 0.15) is 12.7 Å².